The largest absolute Gasteiger partial charge is 0.516 e. The molecule has 76 valence electrons. The van der Waals surface area contributed by atoms with Gasteiger partial charge in [-0.25, -0.2) is 4.79 Å². The van der Waals surface area contributed by atoms with E-state index < -0.39 is 12.4 Å². The number of para-hydroxylation sites is 1. The van der Waals surface area contributed by atoms with Crippen LogP contribution < -0.4 is 4.74 Å². The molecule has 1 atom stereocenters. The lowest BCUT2D eigenvalue weighted by Gasteiger charge is -2.10. The third kappa shape index (κ3) is 3.45. The first-order chi connectivity index (χ1) is 6.72. The van der Waals surface area contributed by atoms with Crippen LogP contribution in [0.15, 0.2) is 30.3 Å². The molecular weight excluding hydrogens is 184 g/mol. The highest BCUT2D eigenvalue weighted by atomic mass is 16.8. The topological polar surface area (TPSA) is 44.8 Å². The normalized spacial score (nSPS) is 11.9. The van der Waals surface area contributed by atoms with Crippen LogP contribution in [0.1, 0.15) is 6.92 Å². The van der Waals surface area contributed by atoms with E-state index in [0.29, 0.717) is 5.75 Å². The van der Waals surface area contributed by atoms with Crippen molar-refractivity contribution in [2.24, 2.45) is 0 Å². The van der Waals surface area contributed by atoms with Gasteiger partial charge in [-0.15, -0.1) is 0 Å². The minimum absolute atomic E-state index is 0.445. The molecule has 0 saturated heterocycles. The molecule has 0 spiro atoms. The lowest BCUT2D eigenvalue weighted by Crippen LogP contribution is -2.19. The summed E-state index contributed by atoms with van der Waals surface area (Å²) < 4.78 is 14.3. The van der Waals surface area contributed by atoms with E-state index in [0.717, 1.165) is 0 Å². The molecule has 1 aromatic rings. The van der Waals surface area contributed by atoms with E-state index in [2.05, 4.69) is 0 Å². The van der Waals surface area contributed by atoms with Crippen LogP contribution in [-0.2, 0) is 9.47 Å². The lowest BCUT2D eigenvalue weighted by atomic mass is 10.3. The molecule has 0 amide bonds. The van der Waals surface area contributed by atoms with Crippen molar-refractivity contribution in [1.82, 2.24) is 0 Å². The van der Waals surface area contributed by atoms with Crippen molar-refractivity contribution in [3.8, 4) is 5.75 Å². The molecule has 0 fully saturated rings. The Hall–Kier alpha value is -1.55. The summed E-state index contributed by atoms with van der Waals surface area (Å²) in [6.07, 6.45) is -1.38. The smallest absolute Gasteiger partial charge is 0.404 e. The molecule has 4 heteroatoms. The quantitative estimate of drug-likeness (QED) is 0.422. The van der Waals surface area contributed by atoms with Gasteiger partial charge in [0, 0.05) is 7.11 Å². The van der Waals surface area contributed by atoms with E-state index >= 15 is 0 Å². The molecule has 0 aliphatic carbocycles. The molecule has 4 nitrogen and oxygen atoms in total. The van der Waals surface area contributed by atoms with Crippen LogP contribution in [0.25, 0.3) is 0 Å². The first-order valence-corrected chi connectivity index (χ1v) is 4.18. The summed E-state index contributed by atoms with van der Waals surface area (Å²) in [5.41, 5.74) is 0. The standard InChI is InChI=1S/C10H12O4/c1-8(12-2)13-10(11)14-9-6-4-3-5-7-9/h3-8H,1-2H3. The maximum Gasteiger partial charge on any atom is 0.516 e. The number of hydrogen-bond donors (Lipinski definition) is 0. The van der Waals surface area contributed by atoms with Crippen LogP contribution in [0.3, 0.4) is 0 Å². The number of carbonyl (C=O) groups excluding carboxylic acids is 1. The fourth-order valence-electron chi connectivity index (χ4n) is 0.792. The van der Waals surface area contributed by atoms with Crippen LogP contribution >= 0.6 is 0 Å². The van der Waals surface area contributed by atoms with E-state index in [1.807, 2.05) is 6.07 Å². The molecule has 0 aromatic heterocycles. The van der Waals surface area contributed by atoms with Crippen LogP contribution in [0.2, 0.25) is 0 Å². The fourth-order valence-corrected chi connectivity index (χ4v) is 0.792. The predicted molar refractivity (Wildman–Crippen MR) is 50.0 cm³/mol. The molecule has 0 aliphatic heterocycles. The molecule has 0 saturated carbocycles. The molecule has 0 N–H and O–H groups in total. The molecular formula is C10H12O4. The van der Waals surface area contributed by atoms with Gasteiger partial charge in [0.1, 0.15) is 5.75 Å². The van der Waals surface area contributed by atoms with Gasteiger partial charge in [0.05, 0.1) is 0 Å². The van der Waals surface area contributed by atoms with Crippen molar-refractivity contribution in [2.45, 2.75) is 13.2 Å². The van der Waals surface area contributed by atoms with Crippen LogP contribution in [0.5, 0.6) is 5.75 Å². The van der Waals surface area contributed by atoms with Gasteiger partial charge in [0.2, 0.25) is 6.29 Å². The average molecular weight is 196 g/mol. The highest BCUT2D eigenvalue weighted by molar-refractivity contribution is 5.63. The number of methoxy groups -OCH3 is 1. The van der Waals surface area contributed by atoms with Gasteiger partial charge < -0.3 is 14.2 Å². The Kier molecular flexibility index (Phi) is 3.94. The van der Waals surface area contributed by atoms with Crippen molar-refractivity contribution in [1.29, 1.82) is 0 Å². The maximum absolute atomic E-state index is 11.1. The Morgan fingerprint density at radius 1 is 1.29 bits per heavy atom. The number of ether oxygens (including phenoxy) is 3. The summed E-state index contributed by atoms with van der Waals surface area (Å²) in [4.78, 5) is 11.1. The van der Waals surface area contributed by atoms with Gasteiger partial charge in [-0.1, -0.05) is 18.2 Å². The third-order valence-corrected chi connectivity index (χ3v) is 1.54. The molecule has 14 heavy (non-hydrogen) atoms. The Balaban J connectivity index is 2.42. The average Bonchev–Trinajstić information content (AvgIpc) is 2.19. The second-order valence-electron chi connectivity index (χ2n) is 2.59. The van der Waals surface area contributed by atoms with Crippen LogP contribution in [0, 0.1) is 0 Å². The van der Waals surface area contributed by atoms with Gasteiger partial charge in [-0.3, -0.25) is 0 Å². The van der Waals surface area contributed by atoms with Crippen molar-refractivity contribution >= 4 is 6.16 Å². The number of benzene rings is 1. The molecule has 0 bridgehead atoms. The van der Waals surface area contributed by atoms with Crippen molar-refractivity contribution in [2.75, 3.05) is 7.11 Å². The van der Waals surface area contributed by atoms with E-state index in [4.69, 9.17) is 14.2 Å². The summed E-state index contributed by atoms with van der Waals surface area (Å²) in [7, 11) is 1.44. The minimum atomic E-state index is -0.773. The summed E-state index contributed by atoms with van der Waals surface area (Å²) >= 11 is 0. The van der Waals surface area contributed by atoms with Crippen LogP contribution in [-0.4, -0.2) is 19.6 Å². The van der Waals surface area contributed by atoms with Crippen molar-refractivity contribution in [3.05, 3.63) is 30.3 Å². The summed E-state index contributed by atoms with van der Waals surface area (Å²) in [6.45, 7) is 1.60. The number of rotatable bonds is 3. The van der Waals surface area contributed by atoms with Crippen molar-refractivity contribution in [3.63, 3.8) is 0 Å². The summed E-state index contributed by atoms with van der Waals surface area (Å²) in [5, 5.41) is 0. The number of hydrogen-bond acceptors (Lipinski definition) is 4. The zero-order valence-electron chi connectivity index (χ0n) is 8.10. The van der Waals surface area contributed by atoms with Gasteiger partial charge in [-0.05, 0) is 19.1 Å². The second kappa shape index (κ2) is 5.24. The monoisotopic (exact) mass is 196 g/mol. The Bertz CT molecular complexity index is 283. The minimum Gasteiger partial charge on any atom is -0.404 e. The molecule has 0 radical (unpaired) electrons. The summed E-state index contributed by atoms with van der Waals surface area (Å²) in [6, 6.07) is 8.69. The highest BCUT2D eigenvalue weighted by Crippen LogP contribution is 2.09. The van der Waals surface area contributed by atoms with Gasteiger partial charge in [0.25, 0.3) is 0 Å². The Labute approximate surface area is 82.4 Å². The van der Waals surface area contributed by atoms with Gasteiger partial charge in [0.15, 0.2) is 0 Å². The maximum atomic E-state index is 11.1. The van der Waals surface area contributed by atoms with Crippen LogP contribution in [0.4, 0.5) is 4.79 Å². The van der Waals surface area contributed by atoms with Crippen molar-refractivity contribution < 1.29 is 19.0 Å². The Morgan fingerprint density at radius 2 is 1.93 bits per heavy atom. The fraction of sp³-hybridized carbons (Fsp3) is 0.300. The highest BCUT2D eigenvalue weighted by Gasteiger charge is 2.09. The Morgan fingerprint density at radius 3 is 2.50 bits per heavy atom. The first kappa shape index (κ1) is 10.5. The molecule has 0 aliphatic rings. The number of carbonyl (C=O) groups is 1. The van der Waals surface area contributed by atoms with E-state index in [9.17, 15) is 4.79 Å². The zero-order chi connectivity index (χ0) is 10.4. The lowest BCUT2D eigenvalue weighted by molar-refractivity contribution is -0.0806. The van der Waals surface area contributed by atoms with Gasteiger partial charge >= 0.3 is 6.16 Å². The van der Waals surface area contributed by atoms with E-state index in [-0.39, 0.29) is 0 Å². The van der Waals surface area contributed by atoms with Gasteiger partial charge in [-0.2, -0.15) is 0 Å². The summed E-state index contributed by atoms with van der Waals surface area (Å²) in [5.74, 6) is 0.445. The zero-order valence-corrected chi connectivity index (χ0v) is 8.10. The second-order valence-corrected chi connectivity index (χ2v) is 2.59. The first-order valence-electron chi connectivity index (χ1n) is 4.18. The third-order valence-electron chi connectivity index (χ3n) is 1.54. The molecule has 1 aromatic carbocycles. The molecule has 0 heterocycles. The van der Waals surface area contributed by atoms with E-state index in [1.54, 1.807) is 31.2 Å². The molecule has 1 unspecified atom stereocenters. The predicted octanol–water partition coefficient (Wildman–Crippen LogP) is 2.19. The molecule has 1 rings (SSSR count). The SMILES string of the molecule is COC(C)OC(=O)Oc1ccccc1. The van der Waals surface area contributed by atoms with E-state index in [1.165, 1.54) is 7.11 Å².